The quantitative estimate of drug-likeness (QED) is 0.443. The van der Waals surface area contributed by atoms with Crippen LogP contribution in [0.1, 0.15) is 26.7 Å². The monoisotopic (exact) mass is 414 g/mol. The first-order valence-corrected chi connectivity index (χ1v) is 9.79. The highest BCUT2D eigenvalue weighted by Gasteiger charge is 2.50. The number of allylic oxidation sites excluding steroid dienone is 2. The number of esters is 1. The van der Waals surface area contributed by atoms with Crippen LogP contribution in [-0.2, 0) is 23.9 Å². The number of nitrogens with one attached hydrogen (secondary N) is 1. The van der Waals surface area contributed by atoms with Gasteiger partial charge in [-0.1, -0.05) is 12.2 Å². The van der Waals surface area contributed by atoms with E-state index in [9.17, 15) is 19.2 Å². The number of rotatable bonds is 5. The van der Waals surface area contributed by atoms with Gasteiger partial charge in [-0.25, -0.2) is 4.79 Å². The first kappa shape index (κ1) is 19.9. The van der Waals surface area contributed by atoms with Crippen LogP contribution in [-0.4, -0.2) is 47.5 Å². The minimum atomic E-state index is -1.12. The van der Waals surface area contributed by atoms with E-state index in [1.807, 2.05) is 12.2 Å². The molecular formula is C21H22N2O7. The Labute approximate surface area is 172 Å². The van der Waals surface area contributed by atoms with Crippen molar-refractivity contribution in [3.63, 3.8) is 0 Å². The molecule has 2 aliphatic heterocycles. The summed E-state index contributed by atoms with van der Waals surface area (Å²) in [6.45, 7) is 2.97. The van der Waals surface area contributed by atoms with E-state index in [1.165, 1.54) is 13.8 Å². The van der Waals surface area contributed by atoms with Crippen LogP contribution in [0.3, 0.4) is 0 Å². The van der Waals surface area contributed by atoms with Crippen LogP contribution in [0, 0.1) is 11.8 Å². The fourth-order valence-corrected chi connectivity index (χ4v) is 3.86. The molecule has 4 rings (SSSR count). The van der Waals surface area contributed by atoms with Crippen molar-refractivity contribution in [2.75, 3.05) is 12.1 Å². The lowest BCUT2D eigenvalue weighted by molar-refractivity contribution is -0.163. The smallest absolute Gasteiger partial charge is 0.329 e. The topological polar surface area (TPSA) is 111 Å². The van der Waals surface area contributed by atoms with Crippen molar-refractivity contribution in [1.82, 2.24) is 4.90 Å². The molecule has 1 saturated heterocycles. The summed E-state index contributed by atoms with van der Waals surface area (Å²) in [6.07, 6.45) is 3.61. The normalized spacial score (nSPS) is 23.7. The second kappa shape index (κ2) is 7.81. The lowest BCUT2D eigenvalue weighted by Gasteiger charge is -2.23. The highest BCUT2D eigenvalue weighted by molar-refractivity contribution is 6.08. The van der Waals surface area contributed by atoms with Gasteiger partial charge in [0.05, 0.1) is 11.8 Å². The molecule has 158 valence electrons. The Bertz CT molecular complexity index is 915. The Morgan fingerprint density at radius 2 is 1.70 bits per heavy atom. The van der Waals surface area contributed by atoms with Crippen LogP contribution in [0.2, 0.25) is 0 Å². The molecule has 4 atom stereocenters. The number of carbonyl (C=O) groups is 4. The highest BCUT2D eigenvalue weighted by atomic mass is 16.7. The van der Waals surface area contributed by atoms with E-state index in [0.717, 1.165) is 4.90 Å². The van der Waals surface area contributed by atoms with Crippen molar-refractivity contribution in [1.29, 1.82) is 0 Å². The van der Waals surface area contributed by atoms with Crippen LogP contribution in [0.25, 0.3) is 0 Å². The van der Waals surface area contributed by atoms with E-state index in [-0.39, 0.29) is 18.6 Å². The number of fused-ring (bicyclic) bond motifs is 2. The zero-order chi connectivity index (χ0) is 21.4. The number of hydrogen-bond acceptors (Lipinski definition) is 7. The van der Waals surface area contributed by atoms with E-state index < -0.39 is 35.9 Å². The molecule has 1 aromatic rings. The zero-order valence-corrected chi connectivity index (χ0v) is 16.6. The number of carbonyl (C=O) groups excluding carboxylic acids is 4. The summed E-state index contributed by atoms with van der Waals surface area (Å²) in [6, 6.07) is 3.81. The third-order valence-corrected chi connectivity index (χ3v) is 5.57. The minimum Gasteiger partial charge on any atom is -0.454 e. The van der Waals surface area contributed by atoms with E-state index in [2.05, 4.69) is 5.32 Å². The summed E-state index contributed by atoms with van der Waals surface area (Å²) in [5.41, 5.74) is 0.460. The van der Waals surface area contributed by atoms with Gasteiger partial charge in [0.1, 0.15) is 6.04 Å². The Hall–Kier alpha value is -3.36. The molecule has 9 nitrogen and oxygen atoms in total. The second-order valence-electron chi connectivity index (χ2n) is 7.51. The number of benzene rings is 1. The van der Waals surface area contributed by atoms with Gasteiger partial charge in [-0.2, -0.15) is 0 Å². The van der Waals surface area contributed by atoms with E-state index in [0.29, 0.717) is 30.0 Å². The molecule has 2 heterocycles. The van der Waals surface area contributed by atoms with Crippen molar-refractivity contribution in [3.05, 3.63) is 30.4 Å². The first-order chi connectivity index (χ1) is 14.4. The van der Waals surface area contributed by atoms with Crippen molar-refractivity contribution >= 4 is 29.4 Å². The van der Waals surface area contributed by atoms with Crippen LogP contribution in [0.4, 0.5) is 5.69 Å². The highest BCUT2D eigenvalue weighted by Crippen LogP contribution is 2.36. The van der Waals surface area contributed by atoms with Gasteiger partial charge in [0.25, 0.3) is 5.91 Å². The Morgan fingerprint density at radius 3 is 2.37 bits per heavy atom. The number of amides is 3. The summed E-state index contributed by atoms with van der Waals surface area (Å²) >= 11 is 0. The molecule has 0 saturated carbocycles. The number of hydrogen-bond donors (Lipinski definition) is 1. The predicted octanol–water partition coefficient (Wildman–Crippen LogP) is 1.63. The Morgan fingerprint density at radius 1 is 1.07 bits per heavy atom. The Kier molecular flexibility index (Phi) is 5.19. The predicted molar refractivity (Wildman–Crippen MR) is 103 cm³/mol. The van der Waals surface area contributed by atoms with E-state index in [4.69, 9.17) is 14.2 Å². The largest absolute Gasteiger partial charge is 0.454 e. The van der Waals surface area contributed by atoms with Crippen LogP contribution < -0.4 is 14.8 Å². The van der Waals surface area contributed by atoms with Gasteiger partial charge in [-0.05, 0) is 38.8 Å². The van der Waals surface area contributed by atoms with Gasteiger partial charge in [0.2, 0.25) is 18.6 Å². The van der Waals surface area contributed by atoms with E-state index in [1.54, 1.807) is 18.2 Å². The number of ether oxygens (including phenoxy) is 3. The van der Waals surface area contributed by atoms with Gasteiger partial charge in [0, 0.05) is 11.8 Å². The average Bonchev–Trinajstić information content (AvgIpc) is 3.30. The first-order valence-electron chi connectivity index (χ1n) is 9.79. The summed E-state index contributed by atoms with van der Waals surface area (Å²) in [5.74, 6) is -1.85. The maximum atomic E-state index is 12.6. The molecule has 3 aliphatic rings. The van der Waals surface area contributed by atoms with Crippen molar-refractivity contribution in [2.24, 2.45) is 11.8 Å². The molecule has 1 aromatic carbocycles. The van der Waals surface area contributed by atoms with Gasteiger partial charge in [0.15, 0.2) is 17.6 Å². The molecule has 1 aliphatic carbocycles. The maximum Gasteiger partial charge on any atom is 0.329 e. The third-order valence-electron chi connectivity index (χ3n) is 5.57. The second-order valence-corrected chi connectivity index (χ2v) is 7.51. The standard InChI is InChI=1S/C21H22N2O7/c1-11(23-19(25)14-5-3-4-6-15(14)20(23)26)21(27)30-12(2)18(24)22-13-7-8-16-17(9-13)29-10-28-16/h3-4,7-9,11-12,14-15H,5-6,10H2,1-2H3,(H,22,24). The summed E-state index contributed by atoms with van der Waals surface area (Å²) in [7, 11) is 0. The van der Waals surface area contributed by atoms with Crippen LogP contribution in [0.5, 0.6) is 11.5 Å². The van der Waals surface area contributed by atoms with Crippen molar-refractivity contribution in [2.45, 2.75) is 38.8 Å². The minimum absolute atomic E-state index is 0.115. The fraction of sp³-hybridized carbons (Fsp3) is 0.429. The van der Waals surface area contributed by atoms with Gasteiger partial charge in [-0.3, -0.25) is 19.3 Å². The number of imide groups is 1. The molecule has 30 heavy (non-hydrogen) atoms. The van der Waals surface area contributed by atoms with Crippen LogP contribution >= 0.6 is 0 Å². The molecule has 9 heteroatoms. The summed E-state index contributed by atoms with van der Waals surface area (Å²) in [5, 5.41) is 2.64. The zero-order valence-electron chi connectivity index (χ0n) is 16.6. The van der Waals surface area contributed by atoms with Crippen molar-refractivity contribution < 1.29 is 33.4 Å². The summed E-state index contributed by atoms with van der Waals surface area (Å²) in [4.78, 5) is 51.2. The number of likely N-dealkylation sites (tertiary alicyclic amines) is 1. The molecule has 3 amide bonds. The molecule has 0 radical (unpaired) electrons. The van der Waals surface area contributed by atoms with Gasteiger partial charge >= 0.3 is 5.97 Å². The van der Waals surface area contributed by atoms with E-state index >= 15 is 0 Å². The molecule has 4 unspecified atom stereocenters. The lowest BCUT2D eigenvalue weighted by atomic mass is 9.85. The maximum absolute atomic E-state index is 12.6. The molecule has 0 spiro atoms. The fourth-order valence-electron chi connectivity index (χ4n) is 3.86. The third kappa shape index (κ3) is 3.51. The van der Waals surface area contributed by atoms with Crippen LogP contribution in [0.15, 0.2) is 30.4 Å². The molecule has 1 fully saturated rings. The molecule has 1 N–H and O–H groups in total. The SMILES string of the molecule is CC(OC(=O)C(C)N1C(=O)C2CC=CCC2C1=O)C(=O)Nc1ccc2c(c1)OCO2. The molecule has 0 bridgehead atoms. The number of nitrogens with zero attached hydrogens (tertiary/aromatic N) is 1. The summed E-state index contributed by atoms with van der Waals surface area (Å²) < 4.78 is 15.7. The molecular weight excluding hydrogens is 392 g/mol. The van der Waals surface area contributed by atoms with Gasteiger partial charge < -0.3 is 19.5 Å². The molecule has 0 aromatic heterocycles. The van der Waals surface area contributed by atoms with Crippen molar-refractivity contribution in [3.8, 4) is 11.5 Å². The lowest BCUT2D eigenvalue weighted by Crippen LogP contribution is -2.46. The number of anilines is 1. The Balaban J connectivity index is 1.36. The average molecular weight is 414 g/mol. The van der Waals surface area contributed by atoms with Gasteiger partial charge in [-0.15, -0.1) is 0 Å².